The SMILES string of the molecule is O=S1CCC(NCc2ncc(Br)cc2Br)CC1. The van der Waals surface area contributed by atoms with Crippen LogP contribution < -0.4 is 5.32 Å². The van der Waals surface area contributed by atoms with E-state index in [1.807, 2.05) is 6.07 Å². The Balaban J connectivity index is 1.87. The summed E-state index contributed by atoms with van der Waals surface area (Å²) in [5.41, 5.74) is 1.01. The first-order valence-electron chi connectivity index (χ1n) is 5.53. The molecule has 0 bridgehead atoms. The Morgan fingerprint density at radius 1 is 1.41 bits per heavy atom. The van der Waals surface area contributed by atoms with Crippen molar-refractivity contribution in [3.05, 3.63) is 26.9 Å². The van der Waals surface area contributed by atoms with Gasteiger partial charge in [-0.05, 0) is 50.8 Å². The van der Waals surface area contributed by atoms with Crippen LogP contribution in [0.5, 0.6) is 0 Å². The zero-order valence-electron chi connectivity index (χ0n) is 9.29. The van der Waals surface area contributed by atoms with Crippen LogP contribution in [-0.4, -0.2) is 26.7 Å². The molecule has 1 N–H and O–H groups in total. The Morgan fingerprint density at radius 3 is 2.76 bits per heavy atom. The summed E-state index contributed by atoms with van der Waals surface area (Å²) < 4.78 is 13.2. The van der Waals surface area contributed by atoms with Crippen molar-refractivity contribution >= 4 is 42.7 Å². The van der Waals surface area contributed by atoms with Gasteiger partial charge in [-0.1, -0.05) is 0 Å². The summed E-state index contributed by atoms with van der Waals surface area (Å²) in [6.45, 7) is 0.755. The van der Waals surface area contributed by atoms with Crippen molar-refractivity contribution < 1.29 is 4.21 Å². The smallest absolute Gasteiger partial charge is 0.0684 e. The van der Waals surface area contributed by atoms with Crippen molar-refractivity contribution in [2.75, 3.05) is 11.5 Å². The Bertz CT molecular complexity index is 418. The molecule has 1 aliphatic rings. The molecule has 0 atom stereocenters. The first kappa shape index (κ1) is 13.6. The Morgan fingerprint density at radius 2 is 2.12 bits per heavy atom. The van der Waals surface area contributed by atoms with Crippen LogP contribution in [0.4, 0.5) is 0 Å². The molecule has 1 saturated heterocycles. The molecule has 3 nitrogen and oxygen atoms in total. The lowest BCUT2D eigenvalue weighted by Crippen LogP contribution is -2.35. The van der Waals surface area contributed by atoms with E-state index in [1.54, 1.807) is 6.20 Å². The normalized spacial score (nSPS) is 24.8. The third kappa shape index (κ3) is 4.12. The number of rotatable bonds is 3. The van der Waals surface area contributed by atoms with Gasteiger partial charge in [-0.15, -0.1) is 0 Å². The van der Waals surface area contributed by atoms with Gasteiger partial charge in [0.05, 0.1) is 5.69 Å². The fourth-order valence-electron chi connectivity index (χ4n) is 1.81. The lowest BCUT2D eigenvalue weighted by molar-refractivity contribution is 0.471. The third-order valence-corrected chi connectivity index (χ3v) is 5.33. The van der Waals surface area contributed by atoms with Crippen LogP contribution in [0.3, 0.4) is 0 Å². The van der Waals surface area contributed by atoms with E-state index in [0.29, 0.717) is 6.04 Å². The molecule has 1 aromatic rings. The van der Waals surface area contributed by atoms with E-state index in [4.69, 9.17) is 0 Å². The van der Waals surface area contributed by atoms with E-state index in [2.05, 4.69) is 42.2 Å². The predicted octanol–water partition coefficient (Wildman–Crippen LogP) is 2.61. The van der Waals surface area contributed by atoms with Gasteiger partial charge in [-0.2, -0.15) is 0 Å². The van der Waals surface area contributed by atoms with E-state index >= 15 is 0 Å². The number of halogens is 2. The third-order valence-electron chi connectivity index (χ3n) is 2.83. The number of nitrogens with zero attached hydrogens (tertiary/aromatic N) is 1. The summed E-state index contributed by atoms with van der Waals surface area (Å²) >= 11 is 6.88. The molecule has 6 heteroatoms. The summed E-state index contributed by atoms with van der Waals surface area (Å²) in [6.07, 6.45) is 3.80. The van der Waals surface area contributed by atoms with Gasteiger partial charge in [0.1, 0.15) is 0 Å². The second-order valence-corrected chi connectivity index (χ2v) is 7.55. The van der Waals surface area contributed by atoms with Crippen molar-refractivity contribution in [1.82, 2.24) is 10.3 Å². The van der Waals surface area contributed by atoms with Gasteiger partial charge in [0.2, 0.25) is 0 Å². The van der Waals surface area contributed by atoms with Crippen LogP contribution in [0.15, 0.2) is 21.2 Å². The Hall–Kier alpha value is 0.220. The molecule has 0 amide bonds. The molecule has 2 rings (SSSR count). The van der Waals surface area contributed by atoms with Crippen LogP contribution in [0.1, 0.15) is 18.5 Å². The second kappa shape index (κ2) is 6.41. The second-order valence-electron chi connectivity index (χ2n) is 4.09. The van der Waals surface area contributed by atoms with Crippen molar-refractivity contribution in [2.24, 2.45) is 0 Å². The summed E-state index contributed by atoms with van der Waals surface area (Å²) in [7, 11) is -0.588. The quantitative estimate of drug-likeness (QED) is 0.874. The monoisotopic (exact) mass is 380 g/mol. The van der Waals surface area contributed by atoms with Crippen molar-refractivity contribution in [3.63, 3.8) is 0 Å². The number of hydrogen-bond acceptors (Lipinski definition) is 3. The van der Waals surface area contributed by atoms with Gasteiger partial charge in [0.25, 0.3) is 0 Å². The lowest BCUT2D eigenvalue weighted by atomic mass is 10.1. The van der Waals surface area contributed by atoms with Crippen LogP contribution in [0, 0.1) is 0 Å². The predicted molar refractivity (Wildman–Crippen MR) is 77.4 cm³/mol. The first-order valence-corrected chi connectivity index (χ1v) is 8.61. The molecule has 0 unspecified atom stereocenters. The topological polar surface area (TPSA) is 42.0 Å². The van der Waals surface area contributed by atoms with E-state index in [0.717, 1.165) is 45.5 Å². The Labute approximate surface area is 120 Å². The highest BCUT2D eigenvalue weighted by molar-refractivity contribution is 9.11. The molecule has 1 fully saturated rings. The number of hydrogen-bond donors (Lipinski definition) is 1. The van der Waals surface area contributed by atoms with Gasteiger partial charge in [0, 0.05) is 50.0 Å². The summed E-state index contributed by atoms with van der Waals surface area (Å²) in [5.74, 6) is 1.65. The van der Waals surface area contributed by atoms with E-state index in [1.165, 1.54) is 0 Å². The molecule has 0 radical (unpaired) electrons. The number of pyridine rings is 1. The van der Waals surface area contributed by atoms with E-state index in [9.17, 15) is 4.21 Å². The van der Waals surface area contributed by atoms with Gasteiger partial charge in [0.15, 0.2) is 0 Å². The summed E-state index contributed by atoms with van der Waals surface area (Å²) in [4.78, 5) is 4.36. The van der Waals surface area contributed by atoms with Crippen molar-refractivity contribution in [3.8, 4) is 0 Å². The maximum Gasteiger partial charge on any atom is 0.0684 e. The molecule has 2 heterocycles. The molecule has 1 aromatic heterocycles. The molecule has 17 heavy (non-hydrogen) atoms. The van der Waals surface area contributed by atoms with Crippen LogP contribution >= 0.6 is 31.9 Å². The molecule has 1 aliphatic heterocycles. The molecule has 0 saturated carbocycles. The van der Waals surface area contributed by atoms with Crippen LogP contribution in [-0.2, 0) is 17.3 Å². The summed E-state index contributed by atoms with van der Waals surface area (Å²) in [6, 6.07) is 2.48. The van der Waals surface area contributed by atoms with Crippen LogP contribution in [0.25, 0.3) is 0 Å². The maximum atomic E-state index is 11.2. The maximum absolute atomic E-state index is 11.2. The highest BCUT2D eigenvalue weighted by Crippen LogP contribution is 2.20. The number of nitrogens with one attached hydrogen (secondary N) is 1. The van der Waals surface area contributed by atoms with Gasteiger partial charge in [-0.3, -0.25) is 9.19 Å². The highest BCUT2D eigenvalue weighted by atomic mass is 79.9. The first-order chi connectivity index (χ1) is 8.15. The van der Waals surface area contributed by atoms with E-state index in [-0.39, 0.29) is 0 Å². The molecule has 0 aromatic carbocycles. The fraction of sp³-hybridized carbons (Fsp3) is 0.545. The van der Waals surface area contributed by atoms with Gasteiger partial charge < -0.3 is 5.32 Å². The van der Waals surface area contributed by atoms with Gasteiger partial charge >= 0.3 is 0 Å². The molecular formula is C11H14Br2N2OS. The average Bonchev–Trinajstić information content (AvgIpc) is 2.30. The Kier molecular flexibility index (Phi) is 5.14. The molecule has 94 valence electrons. The van der Waals surface area contributed by atoms with Crippen molar-refractivity contribution in [1.29, 1.82) is 0 Å². The van der Waals surface area contributed by atoms with Gasteiger partial charge in [-0.25, -0.2) is 0 Å². The standard InChI is InChI=1S/C11H14Br2N2OS/c12-8-5-10(13)11(15-6-8)7-14-9-1-3-17(16)4-2-9/h5-6,9,14H,1-4,7H2. The molecular weight excluding hydrogens is 368 g/mol. The minimum Gasteiger partial charge on any atom is -0.308 e. The average molecular weight is 382 g/mol. The highest BCUT2D eigenvalue weighted by Gasteiger charge is 2.17. The zero-order chi connectivity index (χ0) is 12.3. The largest absolute Gasteiger partial charge is 0.308 e. The zero-order valence-corrected chi connectivity index (χ0v) is 13.3. The van der Waals surface area contributed by atoms with Crippen molar-refractivity contribution in [2.45, 2.75) is 25.4 Å². The minimum absolute atomic E-state index is 0.477. The molecule has 0 aliphatic carbocycles. The molecule has 0 spiro atoms. The summed E-state index contributed by atoms with van der Waals surface area (Å²) in [5, 5.41) is 3.48. The minimum atomic E-state index is -0.588. The fourth-order valence-corrected chi connectivity index (χ4v) is 4.24. The number of aromatic nitrogens is 1. The van der Waals surface area contributed by atoms with E-state index < -0.39 is 10.8 Å². The lowest BCUT2D eigenvalue weighted by Gasteiger charge is -2.22. The van der Waals surface area contributed by atoms with Crippen LogP contribution in [0.2, 0.25) is 0 Å².